The molecule has 1 aliphatic heterocycles. The second-order valence-corrected chi connectivity index (χ2v) is 7.77. The van der Waals surface area contributed by atoms with E-state index in [1.54, 1.807) is 5.32 Å². The number of sulfonamides is 1. The van der Waals surface area contributed by atoms with Crippen LogP contribution in [0.5, 0.6) is 0 Å². The minimum absolute atomic E-state index is 0.143. The molecule has 13 heteroatoms. The molecule has 1 heterocycles. The number of anilines is 1. The van der Waals surface area contributed by atoms with Crippen molar-refractivity contribution in [1.82, 2.24) is 9.62 Å². The molecule has 1 fully saturated rings. The van der Waals surface area contributed by atoms with Crippen molar-refractivity contribution in [2.75, 3.05) is 18.4 Å². The summed E-state index contributed by atoms with van der Waals surface area (Å²) >= 11 is 5.84. The second-order valence-electron chi connectivity index (χ2n) is 5.68. The number of nitrogens with one attached hydrogen (secondary N) is 2. The first-order valence-electron chi connectivity index (χ1n) is 7.41. The normalized spacial score (nSPS) is 17.8. The summed E-state index contributed by atoms with van der Waals surface area (Å²) in [7, 11) is -4.22. The molecule has 1 unspecified atom stereocenters. The molecule has 1 amide bonds. The smallest absolute Gasteiger partial charge is 0.321 e. The Balaban J connectivity index is 2.22. The fraction of sp³-hybridized carbons (Fsp3) is 0.429. The van der Waals surface area contributed by atoms with Crippen molar-refractivity contribution in [3.05, 3.63) is 23.2 Å². The maximum atomic E-state index is 13.0. The van der Waals surface area contributed by atoms with Gasteiger partial charge in [-0.15, -0.1) is 0 Å². The number of likely N-dealkylation sites (tertiary alicyclic amines) is 1. The number of alkyl halides is 4. The van der Waals surface area contributed by atoms with Gasteiger partial charge >= 0.3 is 18.3 Å². The van der Waals surface area contributed by atoms with Crippen LogP contribution in [0.4, 0.5) is 23.2 Å². The van der Waals surface area contributed by atoms with E-state index >= 15 is 0 Å². The first kappa shape index (κ1) is 21.2. The van der Waals surface area contributed by atoms with Gasteiger partial charge in [0.1, 0.15) is 4.90 Å². The van der Waals surface area contributed by atoms with E-state index in [1.807, 2.05) is 6.19 Å². The Morgan fingerprint density at radius 3 is 2.63 bits per heavy atom. The van der Waals surface area contributed by atoms with Crippen LogP contribution in [0, 0.1) is 11.5 Å². The summed E-state index contributed by atoms with van der Waals surface area (Å²) in [6.07, 6.45) is -1.98. The maximum absolute atomic E-state index is 13.0. The van der Waals surface area contributed by atoms with Crippen molar-refractivity contribution in [2.45, 2.75) is 29.7 Å². The lowest BCUT2D eigenvalue weighted by atomic mass is 10.2. The van der Waals surface area contributed by atoms with E-state index in [2.05, 4.69) is 4.72 Å². The molecule has 148 valence electrons. The average molecular weight is 429 g/mol. The summed E-state index contributed by atoms with van der Waals surface area (Å²) in [4.78, 5) is 12.1. The Morgan fingerprint density at radius 2 is 2.07 bits per heavy atom. The number of rotatable bonds is 6. The first-order valence-corrected chi connectivity index (χ1v) is 9.27. The number of carbonyl (C=O) groups excluding carboxylic acids is 1. The highest BCUT2D eigenvalue weighted by Crippen LogP contribution is 2.28. The molecule has 0 spiro atoms. The lowest BCUT2D eigenvalue weighted by Crippen LogP contribution is -2.41. The van der Waals surface area contributed by atoms with Crippen molar-refractivity contribution >= 4 is 33.2 Å². The van der Waals surface area contributed by atoms with Crippen LogP contribution < -0.4 is 10.0 Å². The lowest BCUT2D eigenvalue weighted by Gasteiger charge is -2.17. The van der Waals surface area contributed by atoms with Gasteiger partial charge in [0.25, 0.3) is 0 Å². The van der Waals surface area contributed by atoms with Gasteiger partial charge in [0.2, 0.25) is 10.0 Å². The van der Waals surface area contributed by atoms with Gasteiger partial charge in [-0.05, 0) is 24.6 Å². The molecule has 1 aromatic carbocycles. The molecule has 27 heavy (non-hydrogen) atoms. The fourth-order valence-corrected chi connectivity index (χ4v) is 4.12. The number of hydrogen-bond donors (Lipinski definition) is 2. The van der Waals surface area contributed by atoms with Gasteiger partial charge in [-0.25, -0.2) is 21.9 Å². The molecule has 0 aliphatic carbocycles. The van der Waals surface area contributed by atoms with Crippen LogP contribution in [0.15, 0.2) is 23.1 Å². The summed E-state index contributed by atoms with van der Waals surface area (Å²) < 4.78 is 77.8. The molecule has 7 nitrogen and oxygen atoms in total. The van der Waals surface area contributed by atoms with E-state index in [4.69, 9.17) is 16.9 Å². The van der Waals surface area contributed by atoms with Crippen molar-refractivity contribution in [3.63, 3.8) is 0 Å². The zero-order valence-electron chi connectivity index (χ0n) is 13.4. The second kappa shape index (κ2) is 7.87. The molecule has 2 N–H and O–H groups in total. The highest BCUT2D eigenvalue weighted by Gasteiger charge is 2.49. The first-order chi connectivity index (χ1) is 12.5. The highest BCUT2D eigenvalue weighted by atomic mass is 35.5. The van der Waals surface area contributed by atoms with Crippen LogP contribution in [0.1, 0.15) is 6.42 Å². The zero-order chi connectivity index (χ0) is 20.4. The lowest BCUT2D eigenvalue weighted by molar-refractivity contribution is -0.163. The van der Waals surface area contributed by atoms with E-state index in [0.717, 1.165) is 18.2 Å². The molecular formula is C14H13ClF4N4O3S. The predicted molar refractivity (Wildman–Crippen MR) is 86.9 cm³/mol. The van der Waals surface area contributed by atoms with Gasteiger partial charge in [-0.1, -0.05) is 11.6 Å². The Morgan fingerprint density at radius 1 is 1.41 bits per heavy atom. The van der Waals surface area contributed by atoms with E-state index in [1.165, 1.54) is 4.90 Å². The molecule has 1 atom stereocenters. The third kappa shape index (κ3) is 4.79. The average Bonchev–Trinajstić information content (AvgIpc) is 3.03. The SMILES string of the molecule is N#CN1CCC(NS(=O)(=O)c2cc(NC(=O)C(F)(F)C(F)F)ccc2Cl)C1. The van der Waals surface area contributed by atoms with Crippen LogP contribution in [0.25, 0.3) is 0 Å². The number of halogens is 5. The Hall–Kier alpha value is -2.10. The van der Waals surface area contributed by atoms with E-state index < -0.39 is 44.9 Å². The van der Waals surface area contributed by atoms with Gasteiger partial charge in [-0.2, -0.15) is 14.0 Å². The molecular weight excluding hydrogens is 416 g/mol. The van der Waals surface area contributed by atoms with Gasteiger partial charge in [-0.3, -0.25) is 4.79 Å². The predicted octanol–water partition coefficient (Wildman–Crippen LogP) is 2.01. The van der Waals surface area contributed by atoms with Gasteiger partial charge < -0.3 is 10.2 Å². The number of amides is 1. The standard InChI is InChI=1S/C14H13ClF4N4O3S/c15-10-2-1-8(21-13(24)14(18,19)12(16)17)5-11(10)27(25,26)22-9-3-4-23(6-9)7-20/h1-2,5,9,12,22H,3-4,6H2,(H,21,24). The molecule has 0 aromatic heterocycles. The summed E-state index contributed by atoms with van der Waals surface area (Å²) in [5.41, 5.74) is -0.449. The molecule has 0 saturated carbocycles. The highest BCUT2D eigenvalue weighted by molar-refractivity contribution is 7.89. The largest absolute Gasteiger partial charge is 0.383 e. The summed E-state index contributed by atoms with van der Waals surface area (Å²) in [5, 5.41) is 10.1. The quantitative estimate of drug-likeness (QED) is 0.533. The Labute approximate surface area is 156 Å². The van der Waals surface area contributed by atoms with Crippen molar-refractivity contribution < 1.29 is 30.8 Å². The number of carbonyl (C=O) groups is 1. The molecule has 1 aromatic rings. The van der Waals surface area contributed by atoms with Crippen molar-refractivity contribution in [1.29, 1.82) is 5.26 Å². The minimum Gasteiger partial charge on any atom is -0.321 e. The maximum Gasteiger partial charge on any atom is 0.383 e. The molecule has 1 aliphatic rings. The molecule has 1 saturated heterocycles. The van der Waals surface area contributed by atoms with Crippen LogP contribution in [0.2, 0.25) is 5.02 Å². The van der Waals surface area contributed by atoms with Gasteiger partial charge in [0, 0.05) is 24.8 Å². The van der Waals surface area contributed by atoms with Gasteiger partial charge in [0.15, 0.2) is 6.19 Å². The van der Waals surface area contributed by atoms with Crippen molar-refractivity contribution in [2.24, 2.45) is 0 Å². The Kier molecular flexibility index (Phi) is 6.18. The third-order valence-electron chi connectivity index (χ3n) is 3.71. The fourth-order valence-electron chi connectivity index (χ4n) is 2.33. The topological polar surface area (TPSA) is 102 Å². The number of nitriles is 1. The molecule has 2 rings (SSSR count). The number of hydrogen-bond acceptors (Lipinski definition) is 5. The third-order valence-corrected chi connectivity index (χ3v) is 5.71. The summed E-state index contributed by atoms with van der Waals surface area (Å²) in [6, 6.07) is 2.21. The van der Waals surface area contributed by atoms with E-state index in [9.17, 15) is 30.8 Å². The Bertz CT molecular complexity index is 876. The van der Waals surface area contributed by atoms with E-state index in [0.29, 0.717) is 13.0 Å². The monoisotopic (exact) mass is 428 g/mol. The zero-order valence-corrected chi connectivity index (χ0v) is 15.0. The minimum atomic E-state index is -4.94. The molecule has 0 radical (unpaired) electrons. The molecule has 0 bridgehead atoms. The van der Waals surface area contributed by atoms with Gasteiger partial charge in [0.05, 0.1) is 5.02 Å². The van der Waals surface area contributed by atoms with Crippen LogP contribution in [0.3, 0.4) is 0 Å². The van der Waals surface area contributed by atoms with Crippen LogP contribution in [-0.2, 0) is 14.8 Å². The number of benzene rings is 1. The summed E-state index contributed by atoms with van der Waals surface area (Å²) in [6.45, 7) is 0.501. The van der Waals surface area contributed by atoms with Crippen LogP contribution >= 0.6 is 11.6 Å². The van der Waals surface area contributed by atoms with Crippen molar-refractivity contribution in [3.8, 4) is 6.19 Å². The number of nitrogens with zero attached hydrogens (tertiary/aromatic N) is 2. The summed E-state index contributed by atoms with van der Waals surface area (Å²) in [5.74, 6) is -7.22. The van der Waals surface area contributed by atoms with E-state index in [-0.39, 0.29) is 11.6 Å². The van der Waals surface area contributed by atoms with Crippen LogP contribution in [-0.4, -0.2) is 50.7 Å².